The van der Waals surface area contributed by atoms with Gasteiger partial charge in [-0.2, -0.15) is 10.4 Å². The predicted molar refractivity (Wildman–Crippen MR) is 101 cm³/mol. The Labute approximate surface area is 161 Å². The second kappa shape index (κ2) is 6.74. The molecule has 2 aromatic carbocycles. The number of nitriles is 1. The van der Waals surface area contributed by atoms with Gasteiger partial charge in [-0.25, -0.2) is 9.07 Å². The highest BCUT2D eigenvalue weighted by atomic mass is 19.1. The Morgan fingerprint density at radius 1 is 1.25 bits per heavy atom. The van der Waals surface area contributed by atoms with E-state index in [2.05, 4.69) is 11.2 Å². The molecule has 0 fully saturated rings. The zero-order valence-electron chi connectivity index (χ0n) is 15.3. The van der Waals surface area contributed by atoms with Crippen LogP contribution in [0.3, 0.4) is 0 Å². The van der Waals surface area contributed by atoms with Crippen molar-refractivity contribution in [2.24, 2.45) is 5.73 Å². The van der Waals surface area contributed by atoms with Crippen LogP contribution in [-0.2, 0) is 0 Å². The fourth-order valence-corrected chi connectivity index (χ4v) is 3.44. The topological polar surface area (TPSA) is 86.1 Å². The minimum absolute atomic E-state index is 0.0701. The molecule has 1 atom stereocenters. The van der Waals surface area contributed by atoms with E-state index in [-0.39, 0.29) is 17.0 Å². The van der Waals surface area contributed by atoms with E-state index in [4.69, 9.17) is 15.2 Å². The van der Waals surface area contributed by atoms with Crippen LogP contribution in [0.15, 0.2) is 60.0 Å². The summed E-state index contributed by atoms with van der Waals surface area (Å²) in [5.74, 6) is -0.437. The molecule has 28 heavy (non-hydrogen) atoms. The third kappa shape index (κ3) is 2.67. The van der Waals surface area contributed by atoms with Crippen molar-refractivity contribution in [1.82, 2.24) is 9.78 Å². The van der Waals surface area contributed by atoms with E-state index in [9.17, 15) is 9.65 Å². The highest BCUT2D eigenvalue weighted by Gasteiger charge is 2.37. The number of halogens is 1. The molecule has 140 valence electrons. The number of fused-ring (bicyclic) bond motifs is 1. The molecule has 0 aliphatic carbocycles. The Balaban J connectivity index is 1.99. The Hall–Kier alpha value is -3.79. The van der Waals surface area contributed by atoms with E-state index in [1.807, 2.05) is 30.3 Å². The third-order valence-electron chi connectivity index (χ3n) is 4.75. The molecule has 0 saturated carbocycles. The maximum atomic E-state index is 14.8. The molecule has 0 spiro atoms. The largest absolute Gasteiger partial charge is 0.497 e. The van der Waals surface area contributed by atoms with Crippen molar-refractivity contribution in [2.45, 2.75) is 12.8 Å². The fraction of sp³-hybridized carbons (Fsp3) is 0.143. The van der Waals surface area contributed by atoms with Crippen molar-refractivity contribution < 1.29 is 13.9 Å². The summed E-state index contributed by atoms with van der Waals surface area (Å²) in [6, 6.07) is 15.9. The average Bonchev–Trinajstić information content (AvgIpc) is 3.04. The van der Waals surface area contributed by atoms with Gasteiger partial charge in [-0.3, -0.25) is 0 Å². The number of hydrogen-bond acceptors (Lipinski definition) is 5. The Kier molecular flexibility index (Phi) is 4.24. The number of hydrogen-bond donors (Lipinski definition) is 1. The lowest BCUT2D eigenvalue weighted by atomic mass is 9.84. The molecule has 0 unspecified atom stereocenters. The molecule has 7 heteroatoms. The number of benzene rings is 2. The van der Waals surface area contributed by atoms with Crippen LogP contribution in [0.4, 0.5) is 4.39 Å². The van der Waals surface area contributed by atoms with Gasteiger partial charge in [0.05, 0.1) is 30.0 Å². The molecule has 0 radical (unpaired) electrons. The molecule has 1 aromatic heterocycles. The van der Waals surface area contributed by atoms with E-state index >= 15 is 0 Å². The van der Waals surface area contributed by atoms with Gasteiger partial charge in [-0.15, -0.1) is 0 Å². The number of rotatable bonds is 3. The standard InChI is InChI=1S/C21H17FN4O2/c1-12-18-19(15-10-14(27-2)8-9-17(15)22)16(11-23)20(24)28-21(18)26(25-12)13-6-4-3-5-7-13/h3-10,19H,24H2,1-2H3/t19-/m1/s1. The number of aryl methyl sites for hydroxylation is 1. The number of nitrogens with two attached hydrogens (primary N) is 1. The molecular formula is C21H17FN4O2. The number of allylic oxidation sites excluding steroid dienone is 1. The quantitative estimate of drug-likeness (QED) is 0.755. The summed E-state index contributed by atoms with van der Waals surface area (Å²) in [6.07, 6.45) is 0. The van der Waals surface area contributed by atoms with E-state index in [1.54, 1.807) is 17.7 Å². The van der Waals surface area contributed by atoms with Gasteiger partial charge < -0.3 is 15.2 Å². The van der Waals surface area contributed by atoms with Crippen molar-refractivity contribution in [3.8, 4) is 23.4 Å². The molecular weight excluding hydrogens is 359 g/mol. The minimum Gasteiger partial charge on any atom is -0.497 e. The minimum atomic E-state index is -0.749. The van der Waals surface area contributed by atoms with Gasteiger partial charge in [0.2, 0.25) is 11.8 Å². The molecule has 0 bridgehead atoms. The second-order valence-corrected chi connectivity index (χ2v) is 6.36. The zero-order chi connectivity index (χ0) is 19.8. The normalized spacial score (nSPS) is 15.6. The average molecular weight is 376 g/mol. The van der Waals surface area contributed by atoms with Crippen LogP contribution < -0.4 is 15.2 Å². The predicted octanol–water partition coefficient (Wildman–Crippen LogP) is 3.55. The van der Waals surface area contributed by atoms with Crippen molar-refractivity contribution in [3.05, 3.63) is 82.6 Å². The summed E-state index contributed by atoms with van der Waals surface area (Å²) in [7, 11) is 1.50. The van der Waals surface area contributed by atoms with E-state index in [0.717, 1.165) is 5.69 Å². The van der Waals surface area contributed by atoms with Crippen LogP contribution in [-0.4, -0.2) is 16.9 Å². The highest BCUT2D eigenvalue weighted by Crippen LogP contribution is 2.45. The van der Waals surface area contributed by atoms with Crippen LogP contribution in [0.2, 0.25) is 0 Å². The van der Waals surface area contributed by atoms with Crippen molar-refractivity contribution in [1.29, 1.82) is 5.26 Å². The summed E-state index contributed by atoms with van der Waals surface area (Å²) in [6.45, 7) is 1.79. The van der Waals surface area contributed by atoms with E-state index < -0.39 is 11.7 Å². The van der Waals surface area contributed by atoms with Gasteiger partial charge in [0.1, 0.15) is 23.2 Å². The molecule has 2 N–H and O–H groups in total. The maximum absolute atomic E-state index is 14.8. The summed E-state index contributed by atoms with van der Waals surface area (Å²) < 4.78 is 27.4. The molecule has 6 nitrogen and oxygen atoms in total. The number of para-hydroxylation sites is 1. The van der Waals surface area contributed by atoms with Crippen LogP contribution in [0.1, 0.15) is 22.7 Å². The van der Waals surface area contributed by atoms with Crippen molar-refractivity contribution in [3.63, 3.8) is 0 Å². The lowest BCUT2D eigenvalue weighted by molar-refractivity contribution is 0.365. The molecule has 1 aliphatic heterocycles. The third-order valence-corrected chi connectivity index (χ3v) is 4.75. The lowest BCUT2D eigenvalue weighted by Crippen LogP contribution is -2.22. The molecule has 4 rings (SSSR count). The van der Waals surface area contributed by atoms with Crippen LogP contribution in [0, 0.1) is 24.1 Å². The fourth-order valence-electron chi connectivity index (χ4n) is 3.44. The first-order valence-electron chi connectivity index (χ1n) is 8.61. The number of nitrogens with zero attached hydrogens (tertiary/aromatic N) is 3. The lowest BCUT2D eigenvalue weighted by Gasteiger charge is -2.25. The van der Waals surface area contributed by atoms with Gasteiger partial charge >= 0.3 is 0 Å². The Morgan fingerprint density at radius 2 is 2.00 bits per heavy atom. The summed E-state index contributed by atoms with van der Waals surface area (Å²) in [4.78, 5) is 0. The second-order valence-electron chi connectivity index (χ2n) is 6.36. The highest BCUT2D eigenvalue weighted by molar-refractivity contribution is 5.58. The molecule has 1 aliphatic rings. The van der Waals surface area contributed by atoms with Gasteiger partial charge in [0.15, 0.2) is 0 Å². The smallest absolute Gasteiger partial charge is 0.229 e. The van der Waals surface area contributed by atoms with Gasteiger partial charge in [0.25, 0.3) is 0 Å². The molecule has 2 heterocycles. The summed E-state index contributed by atoms with van der Waals surface area (Å²) >= 11 is 0. The first-order chi connectivity index (χ1) is 13.5. The number of ether oxygens (including phenoxy) is 2. The first kappa shape index (κ1) is 17.6. The Bertz CT molecular complexity index is 1130. The van der Waals surface area contributed by atoms with Crippen LogP contribution >= 0.6 is 0 Å². The monoisotopic (exact) mass is 376 g/mol. The Morgan fingerprint density at radius 3 is 2.68 bits per heavy atom. The van der Waals surface area contributed by atoms with Crippen LogP contribution in [0.25, 0.3) is 5.69 Å². The SMILES string of the molecule is COc1ccc(F)c([C@@H]2C(C#N)=C(N)Oc3c2c(C)nn3-c2ccccc2)c1. The van der Waals surface area contributed by atoms with Gasteiger partial charge in [0, 0.05) is 5.56 Å². The van der Waals surface area contributed by atoms with Crippen molar-refractivity contribution >= 4 is 0 Å². The molecule has 3 aromatic rings. The summed E-state index contributed by atoms with van der Waals surface area (Å²) in [5.41, 5.74) is 8.44. The zero-order valence-corrected chi connectivity index (χ0v) is 15.3. The summed E-state index contributed by atoms with van der Waals surface area (Å²) in [5, 5.41) is 14.3. The number of aromatic nitrogens is 2. The van der Waals surface area contributed by atoms with Gasteiger partial charge in [-0.1, -0.05) is 18.2 Å². The van der Waals surface area contributed by atoms with Crippen molar-refractivity contribution in [2.75, 3.05) is 7.11 Å². The van der Waals surface area contributed by atoms with E-state index in [0.29, 0.717) is 22.9 Å². The maximum Gasteiger partial charge on any atom is 0.229 e. The van der Waals surface area contributed by atoms with E-state index in [1.165, 1.54) is 19.2 Å². The van der Waals surface area contributed by atoms with Crippen LogP contribution in [0.5, 0.6) is 11.6 Å². The first-order valence-corrected chi connectivity index (χ1v) is 8.61. The van der Waals surface area contributed by atoms with Gasteiger partial charge in [-0.05, 0) is 37.3 Å². The molecule has 0 saturated heterocycles. The number of methoxy groups -OCH3 is 1. The molecule has 0 amide bonds.